The Bertz CT molecular complexity index is 681. The van der Waals surface area contributed by atoms with E-state index in [1.807, 2.05) is 54.6 Å². The van der Waals surface area contributed by atoms with Gasteiger partial charge >= 0.3 is 0 Å². The van der Waals surface area contributed by atoms with Crippen LogP contribution in [0.15, 0.2) is 54.6 Å². The van der Waals surface area contributed by atoms with Crippen LogP contribution in [0.4, 0.5) is 5.69 Å². The maximum Gasteiger partial charge on any atom is 0.255 e. The molecule has 0 spiro atoms. The van der Waals surface area contributed by atoms with Crippen LogP contribution < -0.4 is 5.32 Å². The molecule has 3 rings (SSSR count). The number of benzene rings is 2. The monoisotopic (exact) mass is 324 g/mol. The van der Waals surface area contributed by atoms with Gasteiger partial charge in [-0.25, -0.2) is 0 Å². The Labute approximate surface area is 143 Å². The molecule has 0 aliphatic carbocycles. The summed E-state index contributed by atoms with van der Waals surface area (Å²) in [6, 6.07) is 17.3. The number of hydrogen-bond acceptors (Lipinski definition) is 3. The second-order valence-corrected chi connectivity index (χ2v) is 6.84. The maximum absolute atomic E-state index is 12.3. The van der Waals surface area contributed by atoms with Crippen molar-refractivity contribution in [2.24, 2.45) is 0 Å². The minimum absolute atomic E-state index is 0.0831. The van der Waals surface area contributed by atoms with Gasteiger partial charge in [-0.15, -0.1) is 0 Å². The van der Waals surface area contributed by atoms with Crippen LogP contribution >= 0.6 is 0 Å². The zero-order chi connectivity index (χ0) is 17.0. The minimum Gasteiger partial charge on any atom is -0.373 e. The molecule has 1 heterocycles. The molecule has 24 heavy (non-hydrogen) atoms. The molecular weight excluding hydrogens is 300 g/mol. The van der Waals surface area contributed by atoms with Gasteiger partial charge in [-0.05, 0) is 43.7 Å². The summed E-state index contributed by atoms with van der Waals surface area (Å²) in [4.78, 5) is 14.7. The first-order valence-corrected chi connectivity index (χ1v) is 8.33. The van der Waals surface area contributed by atoms with Crippen molar-refractivity contribution >= 4 is 11.6 Å². The largest absolute Gasteiger partial charge is 0.373 e. The molecule has 0 radical (unpaired) electrons. The number of hydrogen-bond donors (Lipinski definition) is 1. The van der Waals surface area contributed by atoms with Crippen molar-refractivity contribution in [3.8, 4) is 0 Å². The average Bonchev–Trinajstić information content (AvgIpc) is 2.55. The summed E-state index contributed by atoms with van der Waals surface area (Å²) in [5, 5.41) is 2.90. The van der Waals surface area contributed by atoms with Gasteiger partial charge in [0.1, 0.15) is 0 Å². The van der Waals surface area contributed by atoms with Crippen LogP contribution in [-0.4, -0.2) is 36.1 Å². The first kappa shape index (κ1) is 16.7. The number of rotatable bonds is 4. The molecule has 1 saturated heterocycles. The molecule has 1 aliphatic heterocycles. The SMILES string of the molecule is CC1(C)CN(Cc2ccc(C(=O)Nc3ccccc3)cc2)CCO1. The zero-order valence-electron chi connectivity index (χ0n) is 14.3. The number of morpholine rings is 1. The standard InChI is InChI=1S/C20H24N2O2/c1-20(2)15-22(12-13-24-20)14-16-8-10-17(11-9-16)19(23)21-18-6-4-3-5-7-18/h3-11H,12-15H2,1-2H3,(H,21,23). The van der Waals surface area contributed by atoms with Crippen LogP contribution in [0, 0.1) is 0 Å². The van der Waals surface area contributed by atoms with E-state index in [-0.39, 0.29) is 11.5 Å². The third-order valence-corrected chi connectivity index (χ3v) is 4.16. The molecule has 0 unspecified atom stereocenters. The molecule has 0 aromatic heterocycles. The number of ether oxygens (including phenoxy) is 1. The van der Waals surface area contributed by atoms with Crippen molar-refractivity contribution in [1.29, 1.82) is 0 Å². The third-order valence-electron chi connectivity index (χ3n) is 4.16. The van der Waals surface area contributed by atoms with Gasteiger partial charge in [0.05, 0.1) is 12.2 Å². The van der Waals surface area contributed by atoms with Gasteiger partial charge in [0, 0.05) is 30.9 Å². The topological polar surface area (TPSA) is 41.6 Å². The Balaban J connectivity index is 1.60. The number of nitrogens with zero attached hydrogens (tertiary/aromatic N) is 1. The first-order chi connectivity index (χ1) is 11.5. The van der Waals surface area contributed by atoms with E-state index >= 15 is 0 Å². The molecular formula is C20H24N2O2. The summed E-state index contributed by atoms with van der Waals surface area (Å²) in [6.45, 7) is 7.76. The van der Waals surface area contributed by atoms with Crippen LogP contribution in [0.3, 0.4) is 0 Å². The molecule has 1 fully saturated rings. The average molecular weight is 324 g/mol. The van der Waals surface area contributed by atoms with Crippen LogP contribution in [0.1, 0.15) is 29.8 Å². The Morgan fingerprint density at radius 2 is 1.83 bits per heavy atom. The summed E-state index contributed by atoms with van der Waals surface area (Å²) < 4.78 is 5.75. The molecule has 4 heteroatoms. The molecule has 2 aromatic rings. The second-order valence-electron chi connectivity index (χ2n) is 6.84. The van der Waals surface area contributed by atoms with Gasteiger partial charge < -0.3 is 10.1 Å². The van der Waals surface area contributed by atoms with E-state index in [1.54, 1.807) is 0 Å². The van der Waals surface area contributed by atoms with E-state index < -0.39 is 0 Å². The van der Waals surface area contributed by atoms with Gasteiger partial charge in [-0.3, -0.25) is 9.69 Å². The third kappa shape index (κ3) is 4.43. The second kappa shape index (κ2) is 7.16. The molecule has 2 aromatic carbocycles. The normalized spacial score (nSPS) is 17.4. The highest BCUT2D eigenvalue weighted by Crippen LogP contribution is 2.19. The fourth-order valence-corrected chi connectivity index (χ4v) is 2.99. The summed E-state index contributed by atoms with van der Waals surface area (Å²) in [5.41, 5.74) is 2.60. The van der Waals surface area contributed by atoms with Crippen LogP contribution in [0.2, 0.25) is 0 Å². The lowest BCUT2D eigenvalue weighted by Crippen LogP contribution is -2.47. The Morgan fingerprint density at radius 3 is 2.50 bits per heavy atom. The van der Waals surface area contributed by atoms with Crippen molar-refractivity contribution in [3.05, 3.63) is 65.7 Å². The molecule has 0 bridgehead atoms. The minimum atomic E-state index is -0.0895. The van der Waals surface area contributed by atoms with Gasteiger partial charge in [0.15, 0.2) is 0 Å². The number of nitrogens with one attached hydrogen (secondary N) is 1. The van der Waals surface area contributed by atoms with Crippen molar-refractivity contribution in [2.75, 3.05) is 25.0 Å². The highest BCUT2D eigenvalue weighted by Gasteiger charge is 2.26. The van der Waals surface area contributed by atoms with E-state index in [0.29, 0.717) is 5.56 Å². The quantitative estimate of drug-likeness (QED) is 0.935. The lowest BCUT2D eigenvalue weighted by molar-refractivity contribution is -0.0882. The van der Waals surface area contributed by atoms with Crippen LogP contribution in [0.25, 0.3) is 0 Å². The van der Waals surface area contributed by atoms with Crippen molar-refractivity contribution in [1.82, 2.24) is 4.90 Å². The smallest absolute Gasteiger partial charge is 0.255 e. The molecule has 1 N–H and O–H groups in total. The van der Waals surface area contributed by atoms with E-state index in [1.165, 1.54) is 5.56 Å². The van der Waals surface area contributed by atoms with E-state index in [2.05, 4.69) is 24.1 Å². The predicted molar refractivity (Wildman–Crippen MR) is 96.1 cm³/mol. The molecule has 4 nitrogen and oxygen atoms in total. The highest BCUT2D eigenvalue weighted by atomic mass is 16.5. The Hall–Kier alpha value is -2.17. The molecule has 1 aliphatic rings. The number of carbonyl (C=O) groups is 1. The number of amides is 1. The van der Waals surface area contributed by atoms with Gasteiger partial charge in [-0.2, -0.15) is 0 Å². The summed E-state index contributed by atoms with van der Waals surface area (Å²) in [6.07, 6.45) is 0. The summed E-state index contributed by atoms with van der Waals surface area (Å²) in [7, 11) is 0. The van der Waals surface area contributed by atoms with E-state index in [0.717, 1.165) is 31.9 Å². The first-order valence-electron chi connectivity index (χ1n) is 8.33. The van der Waals surface area contributed by atoms with Crippen molar-refractivity contribution in [3.63, 3.8) is 0 Å². The fraction of sp³-hybridized carbons (Fsp3) is 0.350. The molecule has 126 valence electrons. The Kier molecular flexibility index (Phi) is 4.97. The lowest BCUT2D eigenvalue weighted by atomic mass is 10.1. The highest BCUT2D eigenvalue weighted by molar-refractivity contribution is 6.04. The van der Waals surface area contributed by atoms with Gasteiger partial charge in [0.2, 0.25) is 0 Å². The summed E-state index contributed by atoms with van der Waals surface area (Å²) in [5.74, 6) is -0.0831. The molecule has 0 saturated carbocycles. The van der Waals surface area contributed by atoms with Crippen LogP contribution in [0.5, 0.6) is 0 Å². The summed E-state index contributed by atoms with van der Waals surface area (Å²) >= 11 is 0. The Morgan fingerprint density at radius 1 is 1.12 bits per heavy atom. The molecule has 1 amide bonds. The molecule has 0 atom stereocenters. The number of para-hydroxylation sites is 1. The maximum atomic E-state index is 12.3. The zero-order valence-corrected chi connectivity index (χ0v) is 14.3. The predicted octanol–water partition coefficient (Wildman–Crippen LogP) is 3.55. The van der Waals surface area contributed by atoms with Crippen molar-refractivity contribution in [2.45, 2.75) is 26.0 Å². The number of anilines is 1. The van der Waals surface area contributed by atoms with Crippen LogP contribution in [-0.2, 0) is 11.3 Å². The van der Waals surface area contributed by atoms with Crippen molar-refractivity contribution < 1.29 is 9.53 Å². The van der Waals surface area contributed by atoms with E-state index in [9.17, 15) is 4.79 Å². The lowest BCUT2D eigenvalue weighted by Gasteiger charge is -2.38. The van der Waals surface area contributed by atoms with Gasteiger partial charge in [0.25, 0.3) is 5.91 Å². The fourth-order valence-electron chi connectivity index (χ4n) is 2.99. The number of carbonyl (C=O) groups excluding carboxylic acids is 1. The van der Waals surface area contributed by atoms with E-state index in [4.69, 9.17) is 4.74 Å². The van der Waals surface area contributed by atoms with Gasteiger partial charge in [-0.1, -0.05) is 30.3 Å².